The summed E-state index contributed by atoms with van der Waals surface area (Å²) in [6.07, 6.45) is 4.71. The van der Waals surface area contributed by atoms with E-state index in [4.69, 9.17) is 20.6 Å². The van der Waals surface area contributed by atoms with Gasteiger partial charge in [0.1, 0.15) is 5.75 Å². The Hall–Kier alpha value is -3.20. The molecule has 4 rings (SSSR count). The van der Waals surface area contributed by atoms with Crippen LogP contribution in [-0.2, 0) is 15.5 Å². The average molecular weight is 670 g/mol. The lowest BCUT2D eigenvalue weighted by atomic mass is 9.88. The maximum Gasteiger partial charge on any atom is 0.527 e. The normalized spacial score (nSPS) is 15.9. The highest BCUT2D eigenvalue weighted by molar-refractivity contribution is 7.47. The number of phosphoric acid groups is 1. The lowest BCUT2D eigenvalue weighted by Crippen LogP contribution is -2.34. The van der Waals surface area contributed by atoms with E-state index in [1.165, 1.54) is 0 Å². The fraction of sp³-hybridized carbons (Fsp3) is 0.429. The summed E-state index contributed by atoms with van der Waals surface area (Å²) in [5.41, 5.74) is 3.64. The van der Waals surface area contributed by atoms with Crippen molar-refractivity contribution in [2.75, 3.05) is 31.5 Å². The van der Waals surface area contributed by atoms with Gasteiger partial charge in [0.2, 0.25) is 0 Å². The minimum Gasteiger partial charge on any atom is -0.404 e. The molecule has 3 aromatic rings. The topological polar surface area (TPSA) is 117 Å². The second kappa shape index (κ2) is 17.1. The van der Waals surface area contributed by atoms with Gasteiger partial charge >= 0.3 is 7.82 Å². The van der Waals surface area contributed by atoms with E-state index in [0.29, 0.717) is 40.6 Å². The molecule has 248 valence electrons. The summed E-state index contributed by atoms with van der Waals surface area (Å²) >= 11 is 5.89. The van der Waals surface area contributed by atoms with Crippen LogP contribution in [-0.4, -0.2) is 53.9 Å². The summed E-state index contributed by atoms with van der Waals surface area (Å²) in [5.74, 6) is 0.283. The van der Waals surface area contributed by atoms with Crippen LogP contribution in [0.25, 0.3) is 0 Å². The van der Waals surface area contributed by atoms with Crippen LogP contribution in [0.4, 0.5) is 5.69 Å². The smallest absolute Gasteiger partial charge is 0.404 e. The summed E-state index contributed by atoms with van der Waals surface area (Å²) < 4.78 is 23.6. The molecule has 0 saturated carbocycles. The Morgan fingerprint density at radius 3 is 2.28 bits per heavy atom. The molecule has 2 unspecified atom stereocenters. The van der Waals surface area contributed by atoms with Gasteiger partial charge in [-0.25, -0.2) is 4.57 Å². The fourth-order valence-electron chi connectivity index (χ4n) is 5.40. The summed E-state index contributed by atoms with van der Waals surface area (Å²) in [6, 6.07) is 19.4. The van der Waals surface area contributed by atoms with E-state index < -0.39 is 7.82 Å². The molecule has 1 saturated heterocycles. The minimum absolute atomic E-state index is 0.148. The van der Waals surface area contributed by atoms with Crippen LogP contribution in [0.5, 0.6) is 5.75 Å². The number of phosphoric ester groups is 1. The van der Waals surface area contributed by atoms with Gasteiger partial charge in [-0.3, -0.25) is 19.0 Å². The van der Waals surface area contributed by atoms with Crippen LogP contribution >= 0.6 is 19.4 Å². The molecular formula is C35H45ClN3O6P. The van der Waals surface area contributed by atoms with Gasteiger partial charge in [-0.1, -0.05) is 37.6 Å². The number of carbonyl (C=O) groups is 2. The summed E-state index contributed by atoms with van der Waals surface area (Å²) in [5, 5.41) is 6.37. The maximum atomic E-state index is 12.7. The van der Waals surface area contributed by atoms with Crippen LogP contribution in [0, 0.1) is 0 Å². The fourth-order valence-corrected chi connectivity index (χ4v) is 6.58. The Morgan fingerprint density at radius 2 is 1.63 bits per heavy atom. The molecule has 1 fully saturated rings. The third kappa shape index (κ3) is 10.7. The van der Waals surface area contributed by atoms with Crippen molar-refractivity contribution >= 4 is 36.9 Å². The second-order valence-corrected chi connectivity index (χ2v) is 13.5. The van der Waals surface area contributed by atoms with Crippen molar-refractivity contribution in [2.45, 2.75) is 71.3 Å². The van der Waals surface area contributed by atoms with Gasteiger partial charge in [0, 0.05) is 28.4 Å². The molecule has 9 nitrogen and oxygen atoms in total. The number of hydrogen-bond donors (Lipinski definition) is 3. The lowest BCUT2D eigenvalue weighted by molar-refractivity contribution is 0.0951. The van der Waals surface area contributed by atoms with Crippen molar-refractivity contribution in [3.05, 3.63) is 94.0 Å². The number of nitrogens with zero attached hydrogens (tertiary/aromatic N) is 1. The van der Waals surface area contributed by atoms with Gasteiger partial charge in [-0.05, 0) is 137 Å². The number of aryl methyl sites for hydroxylation is 1. The molecule has 0 aromatic heterocycles. The number of piperidine rings is 1. The second-order valence-electron chi connectivity index (χ2n) is 11.7. The quantitative estimate of drug-likeness (QED) is 0.111. The molecule has 1 aliphatic rings. The van der Waals surface area contributed by atoms with Crippen LogP contribution in [0.2, 0.25) is 5.02 Å². The van der Waals surface area contributed by atoms with Gasteiger partial charge < -0.3 is 20.1 Å². The zero-order valence-electron chi connectivity index (χ0n) is 26.8. The van der Waals surface area contributed by atoms with Crippen molar-refractivity contribution in [2.24, 2.45) is 0 Å². The third-order valence-corrected chi connectivity index (χ3v) is 9.62. The Bertz CT molecular complexity index is 1490. The van der Waals surface area contributed by atoms with Crippen LogP contribution in [0.1, 0.15) is 90.6 Å². The molecule has 2 atom stereocenters. The van der Waals surface area contributed by atoms with Crippen molar-refractivity contribution in [1.29, 1.82) is 0 Å². The zero-order chi connectivity index (χ0) is 33.1. The Labute approximate surface area is 277 Å². The summed E-state index contributed by atoms with van der Waals surface area (Å²) in [4.78, 5) is 37.8. The molecule has 11 heteroatoms. The Balaban J connectivity index is 1.18. The van der Waals surface area contributed by atoms with Crippen molar-refractivity contribution < 1.29 is 28.1 Å². The van der Waals surface area contributed by atoms with E-state index >= 15 is 0 Å². The predicted octanol–water partition coefficient (Wildman–Crippen LogP) is 7.84. The number of amides is 2. The third-order valence-electron chi connectivity index (χ3n) is 8.31. The van der Waals surface area contributed by atoms with Crippen LogP contribution < -0.4 is 15.2 Å². The minimum atomic E-state index is -4.23. The van der Waals surface area contributed by atoms with Crippen molar-refractivity contribution in [3.8, 4) is 5.75 Å². The first-order valence-corrected chi connectivity index (χ1v) is 17.9. The molecule has 0 spiro atoms. The number of likely N-dealkylation sites (tertiary alicyclic amines) is 1. The number of nitrogens with one attached hydrogen (secondary N) is 2. The highest BCUT2D eigenvalue weighted by atomic mass is 35.5. The van der Waals surface area contributed by atoms with E-state index in [2.05, 4.69) is 21.6 Å². The lowest BCUT2D eigenvalue weighted by Gasteiger charge is -2.33. The number of anilines is 1. The summed E-state index contributed by atoms with van der Waals surface area (Å²) in [7, 11) is -4.23. The molecule has 3 N–H and O–H groups in total. The number of halogens is 1. The van der Waals surface area contributed by atoms with Gasteiger partial charge in [-0.15, -0.1) is 0 Å². The molecular weight excluding hydrogens is 625 g/mol. The van der Waals surface area contributed by atoms with E-state index in [1.807, 2.05) is 26.0 Å². The van der Waals surface area contributed by atoms with Crippen LogP contribution in [0.15, 0.2) is 66.7 Å². The highest BCUT2D eigenvalue weighted by Gasteiger charge is 2.30. The van der Waals surface area contributed by atoms with Crippen LogP contribution in [0.3, 0.4) is 0 Å². The predicted molar refractivity (Wildman–Crippen MR) is 183 cm³/mol. The molecule has 0 aliphatic carbocycles. The van der Waals surface area contributed by atoms with Crippen molar-refractivity contribution in [1.82, 2.24) is 10.2 Å². The first-order valence-electron chi connectivity index (χ1n) is 16.1. The SMILES string of the molecule is CCc1ccc(C2CCN(CCCCNC(=O)c3ccc(NC(=O)c4ccc(Cl)cc4)cc3)CC2)c(OP(=O)(O)OC(C)CC)c1. The number of benzene rings is 3. The molecule has 3 aromatic carbocycles. The first kappa shape index (κ1) is 35.7. The van der Waals surface area contributed by atoms with Gasteiger partial charge in [-0.2, -0.15) is 0 Å². The first-order chi connectivity index (χ1) is 22.1. The number of hydrogen-bond acceptors (Lipinski definition) is 6. The Morgan fingerprint density at radius 1 is 0.978 bits per heavy atom. The van der Waals surface area contributed by atoms with E-state index in [9.17, 15) is 19.0 Å². The monoisotopic (exact) mass is 669 g/mol. The molecule has 1 heterocycles. The molecule has 0 bridgehead atoms. The largest absolute Gasteiger partial charge is 0.527 e. The maximum absolute atomic E-state index is 12.7. The van der Waals surface area contributed by atoms with E-state index in [0.717, 1.165) is 62.9 Å². The molecule has 2 amide bonds. The van der Waals surface area contributed by atoms with Gasteiger partial charge in [0.15, 0.2) is 0 Å². The molecule has 46 heavy (non-hydrogen) atoms. The van der Waals surface area contributed by atoms with E-state index in [-0.39, 0.29) is 23.8 Å². The highest BCUT2D eigenvalue weighted by Crippen LogP contribution is 2.48. The standard InChI is InChI=1S/C35H45ClN3O6P/c1-4-25(3)44-46(42,43)45-33-24-26(5-2)8-17-32(33)27-18-22-39(23-19-27)21-7-6-20-37-34(40)28-11-15-31(16-12-28)38-35(41)29-9-13-30(36)14-10-29/h8-17,24-25,27H,4-7,18-23H2,1-3H3,(H,37,40)(H,38,41)(H,42,43). The zero-order valence-corrected chi connectivity index (χ0v) is 28.5. The Kier molecular flexibility index (Phi) is 13.2. The number of unbranched alkanes of at least 4 members (excludes halogenated alkanes) is 1. The average Bonchev–Trinajstić information content (AvgIpc) is 3.05. The van der Waals surface area contributed by atoms with Gasteiger partial charge in [0.05, 0.1) is 6.10 Å². The van der Waals surface area contributed by atoms with Crippen molar-refractivity contribution in [3.63, 3.8) is 0 Å². The molecule has 0 radical (unpaired) electrons. The number of carbonyl (C=O) groups excluding carboxylic acids is 2. The number of rotatable bonds is 15. The van der Waals surface area contributed by atoms with E-state index in [1.54, 1.807) is 55.5 Å². The summed E-state index contributed by atoms with van der Waals surface area (Å²) in [6.45, 7) is 9.06. The van der Waals surface area contributed by atoms with Gasteiger partial charge in [0.25, 0.3) is 11.8 Å². The molecule has 1 aliphatic heterocycles.